The van der Waals surface area contributed by atoms with Crippen molar-refractivity contribution >= 4 is 17.6 Å². The van der Waals surface area contributed by atoms with Crippen molar-refractivity contribution in [2.24, 2.45) is 4.99 Å². The Labute approximate surface area is 146 Å². The van der Waals surface area contributed by atoms with Gasteiger partial charge in [0, 0.05) is 38.7 Å². The molecule has 1 amide bonds. The molecule has 2 aromatic rings. The van der Waals surface area contributed by atoms with Gasteiger partial charge in [-0.3, -0.25) is 9.79 Å². The summed E-state index contributed by atoms with van der Waals surface area (Å²) in [5, 5.41) is 10.3. The molecule has 1 aromatic carbocycles. The molecule has 1 aliphatic heterocycles. The number of rotatable bonds is 5. The van der Waals surface area contributed by atoms with Gasteiger partial charge in [-0.05, 0) is 19.1 Å². The van der Waals surface area contributed by atoms with Gasteiger partial charge in [-0.1, -0.05) is 23.4 Å². The monoisotopic (exact) mass is 342 g/mol. The third-order valence-electron chi connectivity index (χ3n) is 3.96. The number of carbonyl (C=O) groups excluding carboxylic acids is 1. The predicted octanol–water partition coefficient (Wildman–Crippen LogP) is 0.891. The molecule has 25 heavy (non-hydrogen) atoms. The molecule has 3 rings (SSSR count). The van der Waals surface area contributed by atoms with Crippen LogP contribution in [0.25, 0.3) is 0 Å². The van der Waals surface area contributed by atoms with Crippen molar-refractivity contribution in [2.45, 2.75) is 25.8 Å². The second-order valence-corrected chi connectivity index (χ2v) is 5.87. The summed E-state index contributed by atoms with van der Waals surface area (Å²) in [6.07, 6.45) is 1.06. The highest BCUT2D eigenvalue weighted by Crippen LogP contribution is 2.20. The first-order valence-electron chi connectivity index (χ1n) is 8.27. The van der Waals surface area contributed by atoms with E-state index in [1.165, 1.54) is 0 Å². The largest absolute Gasteiger partial charge is 0.356 e. The van der Waals surface area contributed by atoms with Crippen LogP contribution in [0.5, 0.6) is 0 Å². The lowest BCUT2D eigenvalue weighted by atomic mass is 10.2. The van der Waals surface area contributed by atoms with Gasteiger partial charge in [0.2, 0.25) is 11.8 Å². The molecule has 1 aliphatic rings. The van der Waals surface area contributed by atoms with Gasteiger partial charge >= 0.3 is 0 Å². The highest BCUT2D eigenvalue weighted by Gasteiger charge is 2.30. The number of aryl methyl sites for hydroxylation is 1. The highest BCUT2D eigenvalue weighted by atomic mass is 16.5. The van der Waals surface area contributed by atoms with Crippen molar-refractivity contribution < 1.29 is 9.32 Å². The number of hydrogen-bond donors (Lipinski definition) is 2. The van der Waals surface area contributed by atoms with E-state index in [4.69, 9.17) is 4.52 Å². The zero-order valence-electron chi connectivity index (χ0n) is 14.4. The number of anilines is 1. The SMILES string of the molecule is CN=C(NCCc1nc(C)no1)NC1CC(=O)N(c2ccccc2)C1. The second-order valence-electron chi connectivity index (χ2n) is 5.87. The van der Waals surface area contributed by atoms with Gasteiger partial charge in [0.05, 0.1) is 6.04 Å². The Kier molecular flexibility index (Phi) is 5.27. The lowest BCUT2D eigenvalue weighted by Gasteiger charge is -2.18. The number of aliphatic imine (C=N–C) groups is 1. The van der Waals surface area contributed by atoms with E-state index in [2.05, 4.69) is 25.8 Å². The molecule has 8 nitrogen and oxygen atoms in total. The second kappa shape index (κ2) is 7.78. The van der Waals surface area contributed by atoms with Crippen LogP contribution >= 0.6 is 0 Å². The van der Waals surface area contributed by atoms with Crippen LogP contribution in [0.15, 0.2) is 39.8 Å². The van der Waals surface area contributed by atoms with Gasteiger partial charge in [-0.15, -0.1) is 0 Å². The quantitative estimate of drug-likeness (QED) is 0.619. The van der Waals surface area contributed by atoms with Crippen LogP contribution < -0.4 is 15.5 Å². The summed E-state index contributed by atoms with van der Waals surface area (Å²) in [6, 6.07) is 9.71. The molecular weight excluding hydrogens is 320 g/mol. The lowest BCUT2D eigenvalue weighted by molar-refractivity contribution is -0.117. The average molecular weight is 342 g/mol. The van der Waals surface area contributed by atoms with E-state index in [0.717, 1.165) is 5.69 Å². The van der Waals surface area contributed by atoms with Crippen LogP contribution in [0.3, 0.4) is 0 Å². The number of carbonyl (C=O) groups is 1. The number of aromatic nitrogens is 2. The first-order chi connectivity index (χ1) is 12.2. The molecule has 0 saturated carbocycles. The third-order valence-corrected chi connectivity index (χ3v) is 3.96. The van der Waals surface area contributed by atoms with Crippen LogP contribution in [0, 0.1) is 6.92 Å². The summed E-state index contributed by atoms with van der Waals surface area (Å²) in [4.78, 5) is 22.4. The fourth-order valence-electron chi connectivity index (χ4n) is 2.78. The fourth-order valence-corrected chi connectivity index (χ4v) is 2.78. The Morgan fingerprint density at radius 2 is 2.20 bits per heavy atom. The van der Waals surface area contributed by atoms with Crippen LogP contribution in [-0.2, 0) is 11.2 Å². The Morgan fingerprint density at radius 1 is 1.40 bits per heavy atom. The lowest BCUT2D eigenvalue weighted by Crippen LogP contribution is -2.45. The van der Waals surface area contributed by atoms with Crippen LogP contribution in [-0.4, -0.2) is 48.2 Å². The van der Waals surface area contributed by atoms with E-state index >= 15 is 0 Å². The standard InChI is InChI=1S/C17H22N6O2/c1-12-20-15(25-22-12)8-9-19-17(18-2)21-13-10-16(24)23(11-13)14-6-4-3-5-7-14/h3-7,13H,8-11H2,1-2H3,(H2,18,19,21). The summed E-state index contributed by atoms with van der Waals surface area (Å²) in [6.45, 7) is 3.02. The zero-order valence-corrected chi connectivity index (χ0v) is 14.4. The van der Waals surface area contributed by atoms with Crippen molar-refractivity contribution in [2.75, 3.05) is 25.0 Å². The maximum atomic E-state index is 12.3. The molecular formula is C17H22N6O2. The van der Waals surface area contributed by atoms with Gasteiger partial charge in [0.15, 0.2) is 11.8 Å². The van der Waals surface area contributed by atoms with Gasteiger partial charge in [-0.2, -0.15) is 4.98 Å². The predicted molar refractivity (Wildman–Crippen MR) is 94.4 cm³/mol. The first kappa shape index (κ1) is 16.9. The first-order valence-corrected chi connectivity index (χ1v) is 8.27. The van der Waals surface area contributed by atoms with E-state index in [-0.39, 0.29) is 11.9 Å². The fraction of sp³-hybridized carbons (Fsp3) is 0.412. The van der Waals surface area contributed by atoms with E-state index < -0.39 is 0 Å². The van der Waals surface area contributed by atoms with Crippen molar-refractivity contribution in [3.8, 4) is 0 Å². The normalized spacial score (nSPS) is 17.8. The number of guanidine groups is 1. The minimum Gasteiger partial charge on any atom is -0.356 e. The summed E-state index contributed by atoms with van der Waals surface area (Å²) >= 11 is 0. The Balaban J connectivity index is 1.50. The van der Waals surface area contributed by atoms with Crippen LogP contribution in [0.1, 0.15) is 18.1 Å². The van der Waals surface area contributed by atoms with Gasteiger partial charge in [0.1, 0.15) is 0 Å². The summed E-state index contributed by atoms with van der Waals surface area (Å²) in [5.41, 5.74) is 0.923. The molecule has 0 radical (unpaired) electrons. The molecule has 1 aromatic heterocycles. The average Bonchev–Trinajstić information content (AvgIpc) is 3.20. The van der Waals surface area contributed by atoms with Gasteiger partial charge in [0.25, 0.3) is 0 Å². The molecule has 132 valence electrons. The maximum Gasteiger partial charge on any atom is 0.229 e. The minimum atomic E-state index is 0.0181. The van der Waals surface area contributed by atoms with E-state index in [9.17, 15) is 4.79 Å². The Bertz CT molecular complexity index is 743. The van der Waals surface area contributed by atoms with Crippen molar-refractivity contribution in [1.82, 2.24) is 20.8 Å². The summed E-state index contributed by atoms with van der Waals surface area (Å²) in [7, 11) is 1.71. The van der Waals surface area contributed by atoms with Gasteiger partial charge in [-0.25, -0.2) is 0 Å². The Hall–Kier alpha value is -2.90. The van der Waals surface area contributed by atoms with E-state index in [1.807, 2.05) is 30.3 Å². The molecule has 1 fully saturated rings. The number of benzene rings is 1. The highest BCUT2D eigenvalue weighted by molar-refractivity contribution is 5.97. The topological polar surface area (TPSA) is 95.6 Å². The van der Waals surface area contributed by atoms with Crippen molar-refractivity contribution in [1.29, 1.82) is 0 Å². The molecule has 2 N–H and O–H groups in total. The molecule has 1 atom stereocenters. The molecule has 8 heteroatoms. The number of para-hydroxylation sites is 1. The Morgan fingerprint density at radius 3 is 2.88 bits per heavy atom. The van der Waals surface area contributed by atoms with Gasteiger partial charge < -0.3 is 20.1 Å². The van der Waals surface area contributed by atoms with Crippen LogP contribution in [0.2, 0.25) is 0 Å². The smallest absolute Gasteiger partial charge is 0.229 e. The summed E-state index contributed by atoms with van der Waals surface area (Å²) < 4.78 is 5.08. The number of nitrogens with zero attached hydrogens (tertiary/aromatic N) is 4. The third kappa shape index (κ3) is 4.34. The molecule has 1 saturated heterocycles. The molecule has 0 bridgehead atoms. The van der Waals surface area contributed by atoms with E-state index in [1.54, 1.807) is 18.9 Å². The zero-order chi connectivity index (χ0) is 17.6. The molecule has 2 heterocycles. The maximum absolute atomic E-state index is 12.3. The minimum absolute atomic E-state index is 0.0181. The molecule has 1 unspecified atom stereocenters. The molecule has 0 spiro atoms. The number of amides is 1. The number of hydrogen-bond acceptors (Lipinski definition) is 5. The summed E-state index contributed by atoms with van der Waals surface area (Å²) in [5.74, 6) is 1.99. The van der Waals surface area contributed by atoms with E-state index in [0.29, 0.717) is 43.6 Å². The van der Waals surface area contributed by atoms with Crippen LogP contribution in [0.4, 0.5) is 5.69 Å². The van der Waals surface area contributed by atoms with Crippen molar-refractivity contribution in [3.05, 3.63) is 42.0 Å². The molecule has 0 aliphatic carbocycles. The van der Waals surface area contributed by atoms with Crippen molar-refractivity contribution in [3.63, 3.8) is 0 Å². The number of nitrogens with one attached hydrogen (secondary N) is 2.